The summed E-state index contributed by atoms with van der Waals surface area (Å²) in [6.45, 7) is 7.16. The summed E-state index contributed by atoms with van der Waals surface area (Å²) >= 11 is 0. The fourth-order valence-electron chi connectivity index (χ4n) is 3.06. The van der Waals surface area contributed by atoms with Crippen molar-refractivity contribution in [2.24, 2.45) is 5.92 Å². The van der Waals surface area contributed by atoms with Crippen LogP contribution in [-0.2, 0) is 20.8 Å². The zero-order chi connectivity index (χ0) is 18.4. The van der Waals surface area contributed by atoms with Gasteiger partial charge in [0.1, 0.15) is 0 Å². The monoisotopic (exact) mass is 345 g/mol. The van der Waals surface area contributed by atoms with Crippen LogP contribution in [0.5, 0.6) is 0 Å². The second-order valence-corrected chi connectivity index (χ2v) is 6.23. The molecule has 1 aliphatic heterocycles. The molecular formula is C19H27N3O3. The predicted octanol–water partition coefficient (Wildman–Crippen LogP) is 1.59. The third-order valence-electron chi connectivity index (χ3n) is 4.53. The Morgan fingerprint density at radius 1 is 1.20 bits per heavy atom. The molecule has 6 nitrogen and oxygen atoms in total. The fourth-order valence-corrected chi connectivity index (χ4v) is 3.06. The number of benzene rings is 1. The van der Waals surface area contributed by atoms with E-state index in [1.165, 1.54) is 10.5 Å². The van der Waals surface area contributed by atoms with Crippen LogP contribution in [-0.4, -0.2) is 48.8 Å². The first-order valence-corrected chi connectivity index (χ1v) is 8.94. The van der Waals surface area contributed by atoms with E-state index < -0.39 is 5.92 Å². The highest BCUT2D eigenvalue weighted by molar-refractivity contribution is 6.00. The molecule has 3 amide bonds. The first-order chi connectivity index (χ1) is 12.0. The van der Waals surface area contributed by atoms with Crippen molar-refractivity contribution < 1.29 is 14.4 Å². The van der Waals surface area contributed by atoms with Crippen LogP contribution in [0.3, 0.4) is 0 Å². The van der Waals surface area contributed by atoms with Gasteiger partial charge in [-0.25, -0.2) is 0 Å². The van der Waals surface area contributed by atoms with E-state index in [0.717, 1.165) is 12.1 Å². The summed E-state index contributed by atoms with van der Waals surface area (Å²) in [5.74, 6) is -0.742. The maximum absolute atomic E-state index is 12.7. The molecule has 1 aromatic carbocycles. The van der Waals surface area contributed by atoms with E-state index in [1.807, 2.05) is 38.1 Å². The summed E-state index contributed by atoms with van der Waals surface area (Å²) in [5, 5.41) is 2.70. The first-order valence-electron chi connectivity index (χ1n) is 8.94. The molecule has 0 saturated carbocycles. The number of likely N-dealkylation sites (N-methyl/N-ethyl adjacent to an activating group) is 2. The van der Waals surface area contributed by atoms with Crippen molar-refractivity contribution in [3.05, 3.63) is 29.8 Å². The fraction of sp³-hybridized carbons (Fsp3) is 0.526. The quantitative estimate of drug-likeness (QED) is 0.816. The molecule has 1 N–H and O–H groups in total. The zero-order valence-corrected chi connectivity index (χ0v) is 15.2. The van der Waals surface area contributed by atoms with Crippen molar-refractivity contribution in [1.29, 1.82) is 0 Å². The molecule has 1 atom stereocenters. The van der Waals surface area contributed by atoms with Gasteiger partial charge in [0.2, 0.25) is 17.7 Å². The molecule has 1 aliphatic rings. The lowest BCUT2D eigenvalue weighted by Gasteiger charge is -2.23. The molecule has 0 bridgehead atoms. The van der Waals surface area contributed by atoms with Gasteiger partial charge in [-0.3, -0.25) is 14.4 Å². The standard InChI is InChI=1S/C19H27N3O3/c1-4-14-7-9-16(10-8-14)22-12-15(11-18(22)24)19(25)21(6-3)13-17(23)20-5-2/h7-10,15H,4-6,11-13H2,1-3H3,(H,20,23). The first kappa shape index (κ1) is 19.0. The average Bonchev–Trinajstić information content (AvgIpc) is 3.01. The molecule has 1 aromatic rings. The topological polar surface area (TPSA) is 69.7 Å². The van der Waals surface area contributed by atoms with Crippen LogP contribution in [0.15, 0.2) is 24.3 Å². The molecule has 136 valence electrons. The SMILES string of the molecule is CCNC(=O)CN(CC)C(=O)C1CC(=O)N(c2ccc(CC)cc2)C1. The van der Waals surface area contributed by atoms with Crippen LogP contribution in [0.2, 0.25) is 0 Å². The Balaban J connectivity index is 2.04. The number of anilines is 1. The van der Waals surface area contributed by atoms with Crippen molar-refractivity contribution in [2.75, 3.05) is 31.1 Å². The van der Waals surface area contributed by atoms with E-state index in [-0.39, 0.29) is 30.7 Å². The molecule has 6 heteroatoms. The van der Waals surface area contributed by atoms with Gasteiger partial charge in [0.05, 0.1) is 12.5 Å². The maximum atomic E-state index is 12.7. The van der Waals surface area contributed by atoms with Crippen LogP contribution in [0.1, 0.15) is 32.8 Å². The molecular weight excluding hydrogens is 318 g/mol. The Morgan fingerprint density at radius 3 is 2.44 bits per heavy atom. The highest BCUT2D eigenvalue weighted by Crippen LogP contribution is 2.26. The molecule has 0 aromatic heterocycles. The third kappa shape index (κ3) is 4.59. The minimum Gasteiger partial charge on any atom is -0.355 e. The number of rotatable bonds is 7. The van der Waals surface area contributed by atoms with E-state index in [4.69, 9.17) is 0 Å². The molecule has 1 fully saturated rings. The second-order valence-electron chi connectivity index (χ2n) is 6.23. The van der Waals surface area contributed by atoms with Crippen LogP contribution in [0, 0.1) is 5.92 Å². The highest BCUT2D eigenvalue weighted by Gasteiger charge is 2.37. The van der Waals surface area contributed by atoms with Gasteiger partial charge in [-0.05, 0) is 38.0 Å². The lowest BCUT2D eigenvalue weighted by atomic mass is 10.1. The highest BCUT2D eigenvalue weighted by atomic mass is 16.2. The largest absolute Gasteiger partial charge is 0.355 e. The lowest BCUT2D eigenvalue weighted by Crippen LogP contribution is -2.43. The minimum atomic E-state index is -0.396. The molecule has 0 radical (unpaired) electrons. The molecule has 2 rings (SSSR count). The Hall–Kier alpha value is -2.37. The van der Waals surface area contributed by atoms with Crippen molar-refractivity contribution in [2.45, 2.75) is 33.6 Å². The van der Waals surface area contributed by atoms with Gasteiger partial charge in [0.15, 0.2) is 0 Å². The van der Waals surface area contributed by atoms with E-state index >= 15 is 0 Å². The van der Waals surface area contributed by atoms with E-state index in [1.54, 1.807) is 4.90 Å². The lowest BCUT2D eigenvalue weighted by molar-refractivity contribution is -0.139. The van der Waals surface area contributed by atoms with E-state index in [0.29, 0.717) is 19.6 Å². The van der Waals surface area contributed by atoms with Gasteiger partial charge in [0.25, 0.3) is 0 Å². The summed E-state index contributed by atoms with van der Waals surface area (Å²) in [4.78, 5) is 40.0. The number of hydrogen-bond acceptors (Lipinski definition) is 3. The summed E-state index contributed by atoms with van der Waals surface area (Å²) in [7, 11) is 0. The van der Waals surface area contributed by atoms with Crippen molar-refractivity contribution in [1.82, 2.24) is 10.2 Å². The Morgan fingerprint density at radius 2 is 1.88 bits per heavy atom. The molecule has 25 heavy (non-hydrogen) atoms. The Labute approximate surface area is 149 Å². The third-order valence-corrected chi connectivity index (χ3v) is 4.53. The predicted molar refractivity (Wildman–Crippen MR) is 97.2 cm³/mol. The number of nitrogens with one attached hydrogen (secondary N) is 1. The molecule has 1 heterocycles. The minimum absolute atomic E-state index is 0.0407. The van der Waals surface area contributed by atoms with Gasteiger partial charge in [0, 0.05) is 31.7 Å². The molecule has 0 spiro atoms. The van der Waals surface area contributed by atoms with Crippen LogP contribution in [0.25, 0.3) is 0 Å². The number of carbonyl (C=O) groups is 3. The molecule has 0 aliphatic carbocycles. The van der Waals surface area contributed by atoms with Crippen molar-refractivity contribution in [3.63, 3.8) is 0 Å². The summed E-state index contributed by atoms with van der Waals surface area (Å²) in [6.07, 6.45) is 1.14. The van der Waals surface area contributed by atoms with Gasteiger partial charge in [-0.15, -0.1) is 0 Å². The van der Waals surface area contributed by atoms with Gasteiger partial charge >= 0.3 is 0 Å². The number of aryl methyl sites for hydroxylation is 1. The van der Waals surface area contributed by atoms with Crippen LogP contribution >= 0.6 is 0 Å². The number of nitrogens with zero attached hydrogens (tertiary/aromatic N) is 2. The van der Waals surface area contributed by atoms with Crippen molar-refractivity contribution >= 4 is 23.4 Å². The zero-order valence-electron chi connectivity index (χ0n) is 15.2. The van der Waals surface area contributed by atoms with Crippen molar-refractivity contribution in [3.8, 4) is 0 Å². The van der Waals surface area contributed by atoms with Gasteiger partial charge in [-0.1, -0.05) is 19.1 Å². The van der Waals surface area contributed by atoms with Gasteiger partial charge in [-0.2, -0.15) is 0 Å². The van der Waals surface area contributed by atoms with E-state index in [2.05, 4.69) is 12.2 Å². The number of amides is 3. The molecule has 1 unspecified atom stereocenters. The average molecular weight is 345 g/mol. The van der Waals surface area contributed by atoms with Crippen LogP contribution in [0.4, 0.5) is 5.69 Å². The summed E-state index contributed by atoms with van der Waals surface area (Å²) < 4.78 is 0. The second kappa shape index (κ2) is 8.65. The number of carbonyl (C=O) groups excluding carboxylic acids is 3. The summed E-state index contributed by atoms with van der Waals surface area (Å²) in [5.41, 5.74) is 2.03. The smallest absolute Gasteiger partial charge is 0.239 e. The normalized spacial score (nSPS) is 16.8. The number of hydrogen-bond donors (Lipinski definition) is 1. The Kier molecular flexibility index (Phi) is 6.56. The Bertz CT molecular complexity index is 627. The van der Waals surface area contributed by atoms with Gasteiger partial charge < -0.3 is 15.1 Å². The summed E-state index contributed by atoms with van der Waals surface area (Å²) in [6, 6.07) is 7.86. The van der Waals surface area contributed by atoms with E-state index in [9.17, 15) is 14.4 Å². The van der Waals surface area contributed by atoms with Crippen LogP contribution < -0.4 is 10.2 Å². The molecule has 1 saturated heterocycles. The maximum Gasteiger partial charge on any atom is 0.239 e.